The van der Waals surface area contributed by atoms with Crippen LogP contribution in [0.5, 0.6) is 0 Å². The Bertz CT molecular complexity index is 1480. The number of fused-ring (bicyclic) bond motifs is 3. The third-order valence-corrected chi connectivity index (χ3v) is 7.81. The number of aromatic nitrogens is 3. The van der Waals surface area contributed by atoms with Crippen molar-refractivity contribution in [3.63, 3.8) is 0 Å². The van der Waals surface area contributed by atoms with E-state index in [0.717, 1.165) is 32.0 Å². The Balaban J connectivity index is 1.85. The van der Waals surface area contributed by atoms with Crippen LogP contribution in [0.2, 0.25) is 0 Å². The number of rotatable bonds is 6. The molecule has 0 saturated heterocycles. The maximum absolute atomic E-state index is 12.8. The van der Waals surface area contributed by atoms with Gasteiger partial charge in [-0.3, -0.25) is 19.1 Å². The van der Waals surface area contributed by atoms with E-state index < -0.39 is 21.7 Å². The normalized spacial score (nSPS) is 15.4. The van der Waals surface area contributed by atoms with Gasteiger partial charge in [0.1, 0.15) is 22.5 Å². The van der Waals surface area contributed by atoms with Crippen LogP contribution >= 0.6 is 11.3 Å². The minimum absolute atomic E-state index is 0.00307. The molecule has 11 heteroatoms. The first-order valence-electron chi connectivity index (χ1n) is 11.4. The van der Waals surface area contributed by atoms with Crippen LogP contribution in [0.15, 0.2) is 41.2 Å². The number of carbonyl (C=O) groups is 1. The lowest BCUT2D eigenvalue weighted by molar-refractivity contribution is -0.155. The Morgan fingerprint density at radius 3 is 2.47 bits per heavy atom. The zero-order valence-corrected chi connectivity index (χ0v) is 22.7. The van der Waals surface area contributed by atoms with E-state index in [1.807, 2.05) is 39.2 Å². The number of nitrogens with one attached hydrogen (secondary N) is 1. The largest absolute Gasteiger partial charge is 0.460 e. The molecule has 9 nitrogen and oxygen atoms in total. The van der Waals surface area contributed by atoms with E-state index in [1.54, 1.807) is 35.6 Å². The average molecular weight is 528 g/mol. The molecular formula is C25H29N5O4S2. The molecule has 0 amide bonds. The predicted octanol–water partition coefficient (Wildman–Crippen LogP) is 4.76. The number of sulfonamides is 1. The molecule has 36 heavy (non-hydrogen) atoms. The number of thiophene rings is 1. The molecule has 4 rings (SSSR count). The van der Waals surface area contributed by atoms with Crippen LogP contribution in [0.25, 0.3) is 5.00 Å². The molecule has 0 spiro atoms. The minimum Gasteiger partial charge on any atom is -0.460 e. The highest BCUT2D eigenvalue weighted by Crippen LogP contribution is 2.39. The summed E-state index contributed by atoms with van der Waals surface area (Å²) in [5.74, 6) is 0.897. The zero-order chi connectivity index (χ0) is 26.4. The summed E-state index contributed by atoms with van der Waals surface area (Å²) >= 11 is 1.62. The number of aliphatic imine (C=N–C) groups is 1. The maximum Gasteiger partial charge on any atom is 0.308 e. The molecule has 190 valence electrons. The molecule has 0 bridgehead atoms. The number of benzene rings is 1. The maximum atomic E-state index is 12.8. The van der Waals surface area contributed by atoms with Crippen LogP contribution in [-0.4, -0.2) is 40.5 Å². The van der Waals surface area contributed by atoms with Crippen molar-refractivity contribution in [3.05, 3.63) is 69.5 Å². The second-order valence-electron chi connectivity index (χ2n) is 9.58. The van der Waals surface area contributed by atoms with E-state index in [2.05, 4.69) is 28.4 Å². The van der Waals surface area contributed by atoms with Crippen molar-refractivity contribution in [1.29, 1.82) is 0 Å². The molecule has 1 aliphatic rings. The zero-order valence-electron chi connectivity index (χ0n) is 21.1. The fourth-order valence-electron chi connectivity index (χ4n) is 3.97. The van der Waals surface area contributed by atoms with Crippen LogP contribution in [0.1, 0.15) is 66.5 Å². The fraction of sp³-hybridized carbons (Fsp3) is 0.360. The van der Waals surface area contributed by atoms with Crippen LogP contribution in [0.3, 0.4) is 0 Å². The van der Waals surface area contributed by atoms with Gasteiger partial charge >= 0.3 is 5.97 Å². The van der Waals surface area contributed by atoms with Crippen molar-refractivity contribution < 1.29 is 17.9 Å². The lowest BCUT2D eigenvalue weighted by Crippen LogP contribution is -2.25. The Hall–Kier alpha value is -3.31. The summed E-state index contributed by atoms with van der Waals surface area (Å²) in [5, 5.41) is 10.5. The molecule has 0 radical (unpaired) electrons. The van der Waals surface area contributed by atoms with Gasteiger partial charge in [-0.1, -0.05) is 18.7 Å². The molecule has 1 aliphatic heterocycles. The highest BCUT2D eigenvalue weighted by molar-refractivity contribution is 7.95. The monoisotopic (exact) mass is 527 g/mol. The van der Waals surface area contributed by atoms with Crippen molar-refractivity contribution in [2.75, 3.05) is 4.72 Å². The van der Waals surface area contributed by atoms with Gasteiger partial charge in [0.2, 0.25) is 0 Å². The summed E-state index contributed by atoms with van der Waals surface area (Å²) in [5.41, 5.74) is 3.27. The fourth-order valence-corrected chi connectivity index (χ4v) is 5.73. The number of anilines is 1. The Morgan fingerprint density at radius 2 is 1.86 bits per heavy atom. The van der Waals surface area contributed by atoms with Gasteiger partial charge in [0.25, 0.3) is 10.0 Å². The summed E-state index contributed by atoms with van der Waals surface area (Å²) in [4.78, 5) is 19.0. The first kappa shape index (κ1) is 25.8. The number of ether oxygens (including phenoxy) is 1. The van der Waals surface area contributed by atoms with Gasteiger partial charge in [0, 0.05) is 27.1 Å². The molecule has 0 saturated carbocycles. The summed E-state index contributed by atoms with van der Waals surface area (Å²) < 4.78 is 33.8. The van der Waals surface area contributed by atoms with E-state index in [-0.39, 0.29) is 12.4 Å². The van der Waals surface area contributed by atoms with Crippen LogP contribution in [0, 0.1) is 20.8 Å². The van der Waals surface area contributed by atoms with E-state index in [1.165, 1.54) is 0 Å². The quantitative estimate of drug-likeness (QED) is 0.462. The van der Waals surface area contributed by atoms with Gasteiger partial charge in [-0.2, -0.15) is 0 Å². The van der Waals surface area contributed by atoms with Crippen molar-refractivity contribution >= 4 is 38.7 Å². The Labute approximate surface area is 215 Å². The summed E-state index contributed by atoms with van der Waals surface area (Å²) in [6.45, 7) is 14.8. The number of nitrogens with zero attached hydrogens (tertiary/aromatic N) is 4. The number of esters is 1. The predicted molar refractivity (Wildman–Crippen MR) is 141 cm³/mol. The molecule has 1 N–H and O–H groups in total. The number of carbonyl (C=O) groups excluding carboxylic acids is 1. The lowest BCUT2D eigenvalue weighted by atomic mass is 9.99. The Morgan fingerprint density at radius 1 is 1.19 bits per heavy atom. The molecule has 1 unspecified atom stereocenters. The van der Waals surface area contributed by atoms with Crippen LogP contribution in [-0.2, 0) is 19.6 Å². The highest BCUT2D eigenvalue weighted by atomic mass is 32.2. The number of hydrogen-bond donors (Lipinski definition) is 1. The van der Waals surface area contributed by atoms with E-state index >= 15 is 0 Å². The van der Waals surface area contributed by atoms with E-state index in [0.29, 0.717) is 23.0 Å². The first-order chi connectivity index (χ1) is 16.8. The molecule has 3 aromatic rings. The number of aryl methyl sites for hydroxylation is 2. The molecule has 0 fully saturated rings. The lowest BCUT2D eigenvalue weighted by Gasteiger charge is -2.21. The van der Waals surface area contributed by atoms with Gasteiger partial charge in [-0.25, -0.2) is 8.42 Å². The molecule has 1 aromatic carbocycles. The third kappa shape index (κ3) is 5.12. The second-order valence-corrected chi connectivity index (χ2v) is 12.4. The molecule has 3 heterocycles. The topological polar surface area (TPSA) is 116 Å². The van der Waals surface area contributed by atoms with Crippen molar-refractivity contribution in [3.8, 4) is 5.00 Å². The van der Waals surface area contributed by atoms with Gasteiger partial charge in [0.15, 0.2) is 5.82 Å². The second kappa shape index (κ2) is 9.29. The smallest absolute Gasteiger partial charge is 0.308 e. The molecule has 0 aliphatic carbocycles. The van der Waals surface area contributed by atoms with E-state index in [9.17, 15) is 13.2 Å². The SMILES string of the molecule is C=CS(=O)(=O)Nc1ccc(C2=NC(CC(=O)OC(C)(C)C)c3nnc(C)n3-c3sc(C)c(C)c32)cc1. The standard InChI is InChI=1S/C25H29N5O4S2/c1-8-36(32,33)29-18-11-9-17(10-12-18)22-21-14(2)15(3)35-24(21)30-16(4)27-28-23(30)19(26-22)13-20(31)34-25(5,6)7/h8-12,19,29H,1,13H2,2-7H3. The molecule has 2 aromatic heterocycles. The third-order valence-electron chi connectivity index (χ3n) is 5.66. The Kier molecular flexibility index (Phi) is 6.65. The summed E-state index contributed by atoms with van der Waals surface area (Å²) in [6.07, 6.45) is 0.00307. The number of hydrogen-bond acceptors (Lipinski definition) is 8. The van der Waals surface area contributed by atoms with E-state index in [4.69, 9.17) is 9.73 Å². The van der Waals surface area contributed by atoms with Gasteiger partial charge in [-0.15, -0.1) is 21.5 Å². The minimum atomic E-state index is -3.62. The molecule has 1 atom stereocenters. The van der Waals surface area contributed by atoms with Gasteiger partial charge in [0.05, 0.1) is 12.1 Å². The first-order valence-corrected chi connectivity index (χ1v) is 13.7. The molecular weight excluding hydrogens is 498 g/mol. The van der Waals surface area contributed by atoms with Crippen LogP contribution in [0.4, 0.5) is 5.69 Å². The van der Waals surface area contributed by atoms with Crippen LogP contribution < -0.4 is 4.72 Å². The van der Waals surface area contributed by atoms with Crippen molar-refractivity contribution in [1.82, 2.24) is 14.8 Å². The van der Waals surface area contributed by atoms with Gasteiger partial charge < -0.3 is 4.74 Å². The van der Waals surface area contributed by atoms with Gasteiger partial charge in [-0.05, 0) is 59.2 Å². The summed E-state index contributed by atoms with van der Waals surface area (Å²) in [6, 6.07) is 6.34. The average Bonchev–Trinajstić information content (AvgIpc) is 3.25. The van der Waals surface area contributed by atoms with Crippen molar-refractivity contribution in [2.24, 2.45) is 4.99 Å². The summed E-state index contributed by atoms with van der Waals surface area (Å²) in [7, 11) is -3.62. The van der Waals surface area contributed by atoms with Crippen molar-refractivity contribution in [2.45, 2.75) is 59.6 Å². The highest BCUT2D eigenvalue weighted by Gasteiger charge is 2.33.